The number of ether oxygens (including phenoxy) is 2. The van der Waals surface area contributed by atoms with Gasteiger partial charge in [-0.05, 0) is 55.3 Å². The zero-order valence-corrected chi connectivity index (χ0v) is 19.1. The first-order valence-corrected chi connectivity index (χ1v) is 11.3. The molecule has 0 fully saturated rings. The summed E-state index contributed by atoms with van der Waals surface area (Å²) in [5, 5.41) is 2.59. The predicted molar refractivity (Wildman–Crippen MR) is 122 cm³/mol. The van der Waals surface area contributed by atoms with Gasteiger partial charge in [-0.25, -0.2) is 4.79 Å². The minimum Gasteiger partial charge on any atom is -0.497 e. The zero-order chi connectivity index (χ0) is 24.0. The molecule has 3 aromatic carbocycles. The maximum absolute atomic E-state index is 12.8. The molecule has 0 spiro atoms. The third kappa shape index (κ3) is 6.11. The lowest BCUT2D eigenvalue weighted by Gasteiger charge is -2.13. The SMILES string of the molecule is COc1cccc(NC(=O)COC(=O)c2ccccc2OS(=O)(=O)c2cc(C)ccc2C)c1. The van der Waals surface area contributed by atoms with Crippen molar-refractivity contribution in [2.45, 2.75) is 18.7 Å². The van der Waals surface area contributed by atoms with Gasteiger partial charge in [-0.3, -0.25) is 4.79 Å². The van der Waals surface area contributed by atoms with Gasteiger partial charge in [-0.2, -0.15) is 8.42 Å². The third-order valence-electron chi connectivity index (χ3n) is 4.61. The average molecular weight is 470 g/mol. The lowest BCUT2D eigenvalue weighted by atomic mass is 10.2. The molecule has 0 radical (unpaired) electrons. The van der Waals surface area contributed by atoms with Crippen molar-refractivity contribution in [2.24, 2.45) is 0 Å². The highest BCUT2D eigenvalue weighted by atomic mass is 32.2. The van der Waals surface area contributed by atoms with Crippen LogP contribution in [0.4, 0.5) is 5.69 Å². The Balaban J connectivity index is 1.71. The molecule has 1 amide bonds. The molecule has 0 heterocycles. The van der Waals surface area contributed by atoms with Gasteiger partial charge in [-0.1, -0.05) is 30.3 Å². The van der Waals surface area contributed by atoms with Crippen molar-refractivity contribution >= 4 is 27.7 Å². The molecule has 0 aliphatic heterocycles. The summed E-state index contributed by atoms with van der Waals surface area (Å²) in [6, 6.07) is 17.4. The van der Waals surface area contributed by atoms with E-state index in [1.807, 2.05) is 0 Å². The Bertz CT molecular complexity index is 1290. The summed E-state index contributed by atoms with van der Waals surface area (Å²) in [4.78, 5) is 24.7. The number of rotatable bonds is 8. The van der Waals surface area contributed by atoms with Crippen molar-refractivity contribution in [3.63, 3.8) is 0 Å². The van der Waals surface area contributed by atoms with E-state index in [1.165, 1.54) is 37.4 Å². The van der Waals surface area contributed by atoms with Crippen LogP contribution in [0.15, 0.2) is 71.6 Å². The number of hydrogen-bond acceptors (Lipinski definition) is 7. The summed E-state index contributed by atoms with van der Waals surface area (Å²) >= 11 is 0. The second kappa shape index (κ2) is 10.2. The molecule has 3 aromatic rings. The summed E-state index contributed by atoms with van der Waals surface area (Å²) in [6.07, 6.45) is 0. The molecule has 0 aliphatic carbocycles. The van der Waals surface area contributed by atoms with Crippen molar-refractivity contribution in [1.29, 1.82) is 0 Å². The van der Waals surface area contributed by atoms with Crippen LogP contribution in [0.3, 0.4) is 0 Å². The van der Waals surface area contributed by atoms with E-state index in [4.69, 9.17) is 13.7 Å². The van der Waals surface area contributed by atoms with Gasteiger partial charge >= 0.3 is 16.1 Å². The van der Waals surface area contributed by atoms with E-state index >= 15 is 0 Å². The molecule has 3 rings (SSSR count). The monoisotopic (exact) mass is 469 g/mol. The molecule has 172 valence electrons. The number of anilines is 1. The Morgan fingerprint density at radius 1 is 0.939 bits per heavy atom. The first-order valence-electron chi connectivity index (χ1n) is 9.91. The fraction of sp³-hybridized carbons (Fsp3) is 0.167. The minimum atomic E-state index is -4.20. The summed E-state index contributed by atoms with van der Waals surface area (Å²) < 4.78 is 41.1. The molecule has 1 N–H and O–H groups in total. The highest BCUT2D eigenvalue weighted by Gasteiger charge is 2.23. The van der Waals surface area contributed by atoms with Crippen LogP contribution in [0, 0.1) is 13.8 Å². The number of benzene rings is 3. The van der Waals surface area contributed by atoms with Gasteiger partial charge < -0.3 is 19.0 Å². The van der Waals surface area contributed by atoms with Gasteiger partial charge in [0.15, 0.2) is 12.4 Å². The second-order valence-electron chi connectivity index (χ2n) is 7.16. The highest BCUT2D eigenvalue weighted by molar-refractivity contribution is 7.87. The second-order valence-corrected chi connectivity index (χ2v) is 8.67. The Labute approximate surface area is 192 Å². The molecule has 0 unspecified atom stereocenters. The predicted octanol–water partition coefficient (Wildman–Crippen LogP) is 3.88. The number of amides is 1. The van der Waals surface area contributed by atoms with Crippen molar-refractivity contribution in [1.82, 2.24) is 0 Å². The first-order chi connectivity index (χ1) is 15.7. The van der Waals surface area contributed by atoms with Crippen molar-refractivity contribution < 1.29 is 31.7 Å². The number of methoxy groups -OCH3 is 1. The summed E-state index contributed by atoms with van der Waals surface area (Å²) in [6.45, 7) is 2.84. The molecule has 33 heavy (non-hydrogen) atoms. The Hall–Kier alpha value is -3.85. The van der Waals surface area contributed by atoms with E-state index in [2.05, 4.69) is 5.32 Å². The van der Waals surface area contributed by atoms with Crippen molar-refractivity contribution in [2.75, 3.05) is 19.0 Å². The maximum Gasteiger partial charge on any atom is 0.342 e. The molecule has 0 saturated heterocycles. The molecule has 0 atom stereocenters. The van der Waals surface area contributed by atoms with Gasteiger partial charge in [0.05, 0.1) is 7.11 Å². The number of aryl methyl sites for hydroxylation is 2. The first kappa shape index (κ1) is 23.8. The average Bonchev–Trinajstić information content (AvgIpc) is 2.79. The van der Waals surface area contributed by atoms with Gasteiger partial charge in [0, 0.05) is 11.8 Å². The molecule has 0 saturated carbocycles. The molecule has 0 bridgehead atoms. The molecule has 0 aromatic heterocycles. The molecular weight excluding hydrogens is 446 g/mol. The summed E-state index contributed by atoms with van der Waals surface area (Å²) in [5.74, 6) is -1.11. The van der Waals surface area contributed by atoms with Crippen LogP contribution in [0.5, 0.6) is 11.5 Å². The van der Waals surface area contributed by atoms with Crippen LogP contribution < -0.4 is 14.2 Å². The summed E-state index contributed by atoms with van der Waals surface area (Å²) in [5.41, 5.74) is 1.60. The van der Waals surface area contributed by atoms with E-state index in [9.17, 15) is 18.0 Å². The van der Waals surface area contributed by atoms with Gasteiger partial charge in [0.2, 0.25) is 0 Å². The topological polar surface area (TPSA) is 108 Å². The van der Waals surface area contributed by atoms with E-state index in [-0.39, 0.29) is 16.2 Å². The zero-order valence-electron chi connectivity index (χ0n) is 18.3. The number of esters is 1. The van der Waals surface area contributed by atoms with E-state index in [0.29, 0.717) is 17.0 Å². The lowest BCUT2D eigenvalue weighted by Crippen LogP contribution is -2.21. The van der Waals surface area contributed by atoms with E-state index in [1.54, 1.807) is 50.2 Å². The largest absolute Gasteiger partial charge is 0.497 e. The lowest BCUT2D eigenvalue weighted by molar-refractivity contribution is -0.119. The quantitative estimate of drug-likeness (QED) is 0.394. The standard InChI is InChI=1S/C24H23NO7S/c1-16-11-12-17(2)22(13-16)33(28,29)32-21-10-5-4-9-20(21)24(27)31-15-23(26)25-18-7-6-8-19(14-18)30-3/h4-14H,15H2,1-3H3,(H,25,26). The Kier molecular flexibility index (Phi) is 7.34. The van der Waals surface area contributed by atoms with Crippen LogP contribution >= 0.6 is 0 Å². The smallest absolute Gasteiger partial charge is 0.342 e. The third-order valence-corrected chi connectivity index (χ3v) is 5.98. The van der Waals surface area contributed by atoms with Gasteiger partial charge in [-0.15, -0.1) is 0 Å². The van der Waals surface area contributed by atoms with Crippen LogP contribution in [-0.4, -0.2) is 34.0 Å². The highest BCUT2D eigenvalue weighted by Crippen LogP contribution is 2.26. The molecule has 8 nitrogen and oxygen atoms in total. The number of carbonyl (C=O) groups is 2. The number of carbonyl (C=O) groups excluding carboxylic acids is 2. The molecule has 0 aliphatic rings. The number of hydrogen-bond donors (Lipinski definition) is 1. The number of para-hydroxylation sites is 1. The normalized spacial score (nSPS) is 10.9. The van der Waals surface area contributed by atoms with Gasteiger partial charge in [0.1, 0.15) is 16.2 Å². The summed E-state index contributed by atoms with van der Waals surface area (Å²) in [7, 11) is -2.70. The van der Waals surface area contributed by atoms with Crippen LogP contribution in [0.1, 0.15) is 21.5 Å². The Morgan fingerprint density at radius 3 is 2.45 bits per heavy atom. The van der Waals surface area contributed by atoms with Crippen molar-refractivity contribution in [3.05, 3.63) is 83.4 Å². The van der Waals surface area contributed by atoms with Crippen molar-refractivity contribution in [3.8, 4) is 11.5 Å². The van der Waals surface area contributed by atoms with E-state index in [0.717, 1.165) is 5.56 Å². The van der Waals surface area contributed by atoms with Crippen LogP contribution in [0.25, 0.3) is 0 Å². The maximum atomic E-state index is 12.8. The van der Waals surface area contributed by atoms with Gasteiger partial charge in [0.25, 0.3) is 5.91 Å². The van der Waals surface area contributed by atoms with Crippen LogP contribution in [-0.2, 0) is 19.6 Å². The molecule has 9 heteroatoms. The fourth-order valence-corrected chi connectivity index (χ4v) is 4.22. The number of nitrogens with one attached hydrogen (secondary N) is 1. The fourth-order valence-electron chi connectivity index (χ4n) is 2.95. The Morgan fingerprint density at radius 2 is 1.70 bits per heavy atom. The molecular formula is C24H23NO7S. The minimum absolute atomic E-state index is 0.00309. The van der Waals surface area contributed by atoms with E-state index < -0.39 is 28.6 Å². The van der Waals surface area contributed by atoms with Crippen LogP contribution in [0.2, 0.25) is 0 Å².